The van der Waals surface area contributed by atoms with E-state index in [1.165, 1.54) is 4.57 Å². The number of hydrogen-bond donors (Lipinski definition) is 1. The van der Waals surface area contributed by atoms with E-state index in [0.717, 1.165) is 31.5 Å². The summed E-state index contributed by atoms with van der Waals surface area (Å²) in [6.07, 6.45) is 7.57. The second-order valence-corrected chi connectivity index (χ2v) is 7.58. The van der Waals surface area contributed by atoms with Gasteiger partial charge >= 0.3 is 6.01 Å². The molecule has 7 heteroatoms. The molecule has 0 atom stereocenters. The number of rotatable bonds is 13. The van der Waals surface area contributed by atoms with Crippen LogP contribution in [-0.2, 0) is 7.05 Å². The summed E-state index contributed by atoms with van der Waals surface area (Å²) in [6.45, 7) is 16.6. The van der Waals surface area contributed by atoms with E-state index in [1.54, 1.807) is 27.1 Å². The fraction of sp³-hybridized carbons (Fsp3) is 0.520. The lowest BCUT2D eigenvalue weighted by atomic mass is 10.3. The van der Waals surface area contributed by atoms with Crippen molar-refractivity contribution in [3.63, 3.8) is 0 Å². The van der Waals surface area contributed by atoms with Gasteiger partial charge in [-0.1, -0.05) is 44.1 Å². The Balaban J connectivity index is 3.43. The first kappa shape index (κ1) is 27.1. The van der Waals surface area contributed by atoms with Crippen molar-refractivity contribution in [2.75, 3.05) is 43.6 Å². The summed E-state index contributed by atoms with van der Waals surface area (Å²) in [5.41, 5.74) is 1.32. The minimum atomic E-state index is -0.184. The molecule has 0 unspecified atom stereocenters. The quantitative estimate of drug-likeness (QED) is 0.215. The maximum absolute atomic E-state index is 13.4. The van der Waals surface area contributed by atoms with Crippen molar-refractivity contribution in [3.8, 4) is 17.9 Å². The highest BCUT2D eigenvalue weighted by molar-refractivity contribution is 5.65. The van der Waals surface area contributed by atoms with Gasteiger partial charge in [0.25, 0.3) is 5.56 Å². The Morgan fingerprint density at radius 3 is 2.44 bits per heavy atom. The molecule has 1 rings (SSSR count). The summed E-state index contributed by atoms with van der Waals surface area (Å²) in [4.78, 5) is 22.3. The predicted molar refractivity (Wildman–Crippen MR) is 135 cm³/mol. The van der Waals surface area contributed by atoms with Crippen LogP contribution in [0.4, 0.5) is 11.5 Å². The molecule has 0 amide bonds. The molecular weight excluding hydrogens is 402 g/mol. The smallest absolute Gasteiger partial charge is 0.306 e. The van der Waals surface area contributed by atoms with Gasteiger partial charge in [0.15, 0.2) is 5.82 Å². The monoisotopic (exact) mass is 441 g/mol. The van der Waals surface area contributed by atoms with Gasteiger partial charge in [-0.15, -0.1) is 5.92 Å². The van der Waals surface area contributed by atoms with Gasteiger partial charge in [0, 0.05) is 14.1 Å². The van der Waals surface area contributed by atoms with Gasteiger partial charge in [0.1, 0.15) is 11.4 Å². The molecule has 176 valence electrons. The average molecular weight is 442 g/mol. The van der Waals surface area contributed by atoms with E-state index >= 15 is 0 Å². The molecule has 32 heavy (non-hydrogen) atoms. The molecule has 0 radical (unpaired) electrons. The van der Waals surface area contributed by atoms with Crippen molar-refractivity contribution in [3.05, 3.63) is 46.5 Å². The van der Waals surface area contributed by atoms with Gasteiger partial charge < -0.3 is 15.0 Å². The van der Waals surface area contributed by atoms with Crippen LogP contribution >= 0.6 is 0 Å². The van der Waals surface area contributed by atoms with Crippen molar-refractivity contribution in [2.45, 2.75) is 47.5 Å². The minimum Gasteiger partial charge on any atom is -0.430 e. The SMILES string of the molecule is C=C/C(C)=C\C=C(/C)Oc1nc(NC)c(N(CC#CC)CN(CCC)CCC)c(=O)n1C. The standard InChI is InChI=1S/C25H39N5O2/c1-9-13-18-30(19-29(16-10-2)17-11-3)22-23(26-7)27-25(28(8)24(22)31)32-21(6)15-14-20(5)12-4/h12,14-15,26H,4,10-11,16-19H2,1-3,5-8H3/b20-14-,21-15+. The van der Waals surface area contributed by atoms with Gasteiger partial charge in [-0.2, -0.15) is 4.98 Å². The Morgan fingerprint density at radius 1 is 1.25 bits per heavy atom. The molecule has 0 saturated carbocycles. The molecule has 1 aromatic heterocycles. The lowest BCUT2D eigenvalue weighted by molar-refractivity contribution is 0.275. The Morgan fingerprint density at radius 2 is 1.91 bits per heavy atom. The van der Waals surface area contributed by atoms with Crippen LogP contribution in [0.1, 0.15) is 47.5 Å². The van der Waals surface area contributed by atoms with Crippen LogP contribution < -0.4 is 20.5 Å². The summed E-state index contributed by atoms with van der Waals surface area (Å²) in [5.74, 6) is 7.13. The average Bonchev–Trinajstić information content (AvgIpc) is 2.78. The van der Waals surface area contributed by atoms with Gasteiger partial charge in [-0.25, -0.2) is 0 Å². The highest BCUT2D eigenvalue weighted by atomic mass is 16.5. The zero-order valence-corrected chi connectivity index (χ0v) is 20.8. The maximum Gasteiger partial charge on any atom is 0.306 e. The first-order chi connectivity index (χ1) is 15.3. The van der Waals surface area contributed by atoms with Crippen molar-refractivity contribution in [2.24, 2.45) is 7.05 Å². The third-order valence-electron chi connectivity index (χ3n) is 4.83. The van der Waals surface area contributed by atoms with Gasteiger partial charge in [0.05, 0.1) is 13.2 Å². The van der Waals surface area contributed by atoms with E-state index in [9.17, 15) is 4.79 Å². The Bertz CT molecular complexity index is 928. The van der Waals surface area contributed by atoms with Gasteiger partial charge in [-0.3, -0.25) is 14.3 Å². The van der Waals surface area contributed by atoms with Crippen LogP contribution in [0.2, 0.25) is 0 Å². The molecule has 0 spiro atoms. The lowest BCUT2D eigenvalue weighted by Crippen LogP contribution is -2.42. The zero-order chi connectivity index (χ0) is 24.1. The predicted octanol–water partition coefficient (Wildman–Crippen LogP) is 4.15. The summed E-state index contributed by atoms with van der Waals surface area (Å²) < 4.78 is 7.31. The third kappa shape index (κ3) is 7.93. The summed E-state index contributed by atoms with van der Waals surface area (Å²) in [5, 5.41) is 3.07. The molecule has 0 aliphatic carbocycles. The number of allylic oxidation sites excluding steroid dienone is 5. The molecule has 1 aromatic rings. The first-order valence-corrected chi connectivity index (χ1v) is 11.1. The van der Waals surface area contributed by atoms with E-state index in [-0.39, 0.29) is 11.6 Å². The molecule has 0 aliphatic rings. The van der Waals surface area contributed by atoms with Crippen molar-refractivity contribution in [1.82, 2.24) is 14.5 Å². The molecule has 7 nitrogen and oxygen atoms in total. The normalized spacial score (nSPS) is 11.8. The van der Waals surface area contributed by atoms with Crippen molar-refractivity contribution in [1.29, 1.82) is 0 Å². The second kappa shape index (κ2) is 14.2. The molecule has 0 fully saturated rings. The van der Waals surface area contributed by atoms with Crippen LogP contribution in [0.25, 0.3) is 0 Å². The molecule has 0 saturated heterocycles. The van der Waals surface area contributed by atoms with E-state index in [1.807, 2.05) is 30.9 Å². The van der Waals surface area contributed by atoms with Crippen LogP contribution in [0.3, 0.4) is 0 Å². The fourth-order valence-corrected chi connectivity index (χ4v) is 3.12. The Hall–Kier alpha value is -2.98. The molecule has 0 bridgehead atoms. The summed E-state index contributed by atoms with van der Waals surface area (Å²) >= 11 is 0. The highest BCUT2D eigenvalue weighted by Gasteiger charge is 2.22. The van der Waals surface area contributed by atoms with E-state index < -0.39 is 0 Å². The maximum atomic E-state index is 13.4. The topological polar surface area (TPSA) is 62.6 Å². The fourth-order valence-electron chi connectivity index (χ4n) is 3.12. The molecule has 0 aromatic carbocycles. The number of aromatic nitrogens is 2. The zero-order valence-electron chi connectivity index (χ0n) is 20.8. The first-order valence-electron chi connectivity index (χ1n) is 11.1. The van der Waals surface area contributed by atoms with E-state index in [4.69, 9.17) is 4.74 Å². The summed E-state index contributed by atoms with van der Waals surface area (Å²) in [7, 11) is 3.43. The molecule has 0 aliphatic heterocycles. The Labute approximate surface area is 193 Å². The van der Waals surface area contributed by atoms with Crippen LogP contribution in [0, 0.1) is 11.8 Å². The number of anilines is 2. The number of nitrogens with zero attached hydrogens (tertiary/aromatic N) is 4. The van der Waals surface area contributed by atoms with Crippen molar-refractivity contribution >= 4 is 11.5 Å². The van der Waals surface area contributed by atoms with Crippen molar-refractivity contribution < 1.29 is 4.74 Å². The molecular formula is C25H39N5O2. The summed E-state index contributed by atoms with van der Waals surface area (Å²) in [6, 6.07) is 0.224. The van der Waals surface area contributed by atoms with Crippen LogP contribution in [0.15, 0.2) is 40.9 Å². The van der Waals surface area contributed by atoms with Crippen LogP contribution in [-0.4, -0.2) is 47.8 Å². The van der Waals surface area contributed by atoms with Crippen LogP contribution in [0.5, 0.6) is 6.01 Å². The van der Waals surface area contributed by atoms with Gasteiger partial charge in [0.2, 0.25) is 0 Å². The van der Waals surface area contributed by atoms with E-state index in [0.29, 0.717) is 30.5 Å². The third-order valence-corrected chi connectivity index (χ3v) is 4.83. The minimum absolute atomic E-state index is 0.184. The lowest BCUT2D eigenvalue weighted by Gasteiger charge is -2.31. The molecule has 1 N–H and O–H groups in total. The number of ether oxygens (including phenoxy) is 1. The number of nitrogens with one attached hydrogen (secondary N) is 1. The largest absolute Gasteiger partial charge is 0.430 e. The molecule has 1 heterocycles. The second-order valence-electron chi connectivity index (χ2n) is 7.58. The van der Waals surface area contributed by atoms with Gasteiger partial charge in [-0.05, 0) is 52.8 Å². The van der Waals surface area contributed by atoms with E-state index in [2.05, 4.69) is 47.5 Å². The Kier molecular flexibility index (Phi) is 12.0. The number of hydrogen-bond acceptors (Lipinski definition) is 6. The highest BCUT2D eigenvalue weighted by Crippen LogP contribution is 2.23.